The number of oxime groups is 1. The summed E-state index contributed by atoms with van der Waals surface area (Å²) in [6.45, 7) is 0. The van der Waals surface area contributed by atoms with E-state index in [1.807, 2.05) is 0 Å². The lowest BCUT2D eigenvalue weighted by Gasteiger charge is -2.05. The Morgan fingerprint density at radius 1 is 1.53 bits per heavy atom. The zero-order valence-corrected chi connectivity index (χ0v) is 10.3. The van der Waals surface area contributed by atoms with E-state index >= 15 is 0 Å². The summed E-state index contributed by atoms with van der Waals surface area (Å²) in [5.74, 6) is -1.32. The molecule has 0 aliphatic heterocycles. The van der Waals surface area contributed by atoms with Crippen molar-refractivity contribution in [3.05, 3.63) is 26.9 Å². The molecule has 1 amide bonds. The van der Waals surface area contributed by atoms with Crippen LogP contribution < -0.4 is 5.32 Å². The summed E-state index contributed by atoms with van der Waals surface area (Å²) in [4.78, 5) is 11.0. The monoisotopic (exact) mass is 338 g/mol. The molecule has 1 rings (SSSR count). The van der Waals surface area contributed by atoms with Crippen molar-refractivity contribution >= 4 is 49.7 Å². The molecule has 0 unspecified atom stereocenters. The average Bonchev–Trinajstić information content (AvgIpc) is 2.13. The van der Waals surface area contributed by atoms with E-state index in [1.54, 1.807) is 0 Å². The van der Waals surface area contributed by atoms with Gasteiger partial charge in [0.1, 0.15) is 6.21 Å². The number of rotatable bonds is 2. The highest BCUT2D eigenvalue weighted by atomic mass is 79.9. The van der Waals surface area contributed by atoms with Crippen LogP contribution in [-0.4, -0.2) is 17.3 Å². The molecule has 0 aromatic heterocycles. The first kappa shape index (κ1) is 12.1. The molecule has 0 saturated carbocycles. The van der Waals surface area contributed by atoms with E-state index in [2.05, 4.69) is 42.3 Å². The summed E-state index contributed by atoms with van der Waals surface area (Å²) < 4.78 is 14.2. The highest BCUT2D eigenvalue weighted by Crippen LogP contribution is 2.27. The Kier molecular flexibility index (Phi) is 4.22. The number of anilines is 1. The van der Waals surface area contributed by atoms with Gasteiger partial charge in [0.2, 0.25) is 0 Å². The molecule has 0 aliphatic rings. The second-order valence-electron chi connectivity index (χ2n) is 2.48. The van der Waals surface area contributed by atoms with Crippen molar-refractivity contribution in [2.24, 2.45) is 5.16 Å². The first-order valence-corrected chi connectivity index (χ1v) is 5.26. The quantitative estimate of drug-likeness (QED) is 0.376. The highest BCUT2D eigenvalue weighted by Gasteiger charge is 2.10. The number of carbonyl (C=O) groups is 1. The van der Waals surface area contributed by atoms with Crippen LogP contribution in [0.5, 0.6) is 0 Å². The SMILES string of the molecule is O=C(/C=N/O)Nc1cc(Br)cc(Br)c1F. The largest absolute Gasteiger partial charge is 0.411 e. The summed E-state index contributed by atoms with van der Waals surface area (Å²) in [5.41, 5.74) is -0.0128. The van der Waals surface area contributed by atoms with E-state index in [9.17, 15) is 9.18 Å². The summed E-state index contributed by atoms with van der Waals surface area (Å²) in [7, 11) is 0. The number of halogens is 3. The Hall–Kier alpha value is -0.950. The minimum absolute atomic E-state index is 0.0128. The molecule has 0 aliphatic carbocycles. The molecule has 1 aromatic rings. The molecule has 80 valence electrons. The van der Waals surface area contributed by atoms with Crippen molar-refractivity contribution in [3.63, 3.8) is 0 Å². The molecule has 15 heavy (non-hydrogen) atoms. The zero-order valence-electron chi connectivity index (χ0n) is 7.17. The second kappa shape index (κ2) is 5.22. The van der Waals surface area contributed by atoms with E-state index in [0.717, 1.165) is 0 Å². The van der Waals surface area contributed by atoms with E-state index in [4.69, 9.17) is 5.21 Å². The molecule has 0 radical (unpaired) electrons. The predicted octanol–water partition coefficient (Wildman–Crippen LogP) is 2.75. The van der Waals surface area contributed by atoms with Crippen molar-refractivity contribution in [3.8, 4) is 0 Å². The molecule has 0 spiro atoms. The number of amides is 1. The van der Waals surface area contributed by atoms with Crippen LogP contribution in [0.1, 0.15) is 0 Å². The van der Waals surface area contributed by atoms with Gasteiger partial charge in [0, 0.05) is 4.47 Å². The van der Waals surface area contributed by atoms with Gasteiger partial charge < -0.3 is 10.5 Å². The summed E-state index contributed by atoms with van der Waals surface area (Å²) in [5, 5.41) is 12.8. The smallest absolute Gasteiger partial charge is 0.270 e. The van der Waals surface area contributed by atoms with Gasteiger partial charge in [-0.05, 0) is 28.1 Å². The van der Waals surface area contributed by atoms with Crippen LogP contribution >= 0.6 is 31.9 Å². The normalized spacial score (nSPS) is 10.6. The number of benzene rings is 1. The van der Waals surface area contributed by atoms with E-state index < -0.39 is 11.7 Å². The molecule has 2 N–H and O–H groups in total. The maximum atomic E-state index is 13.4. The fourth-order valence-corrected chi connectivity index (χ4v) is 2.09. The van der Waals surface area contributed by atoms with Crippen LogP contribution in [-0.2, 0) is 4.79 Å². The minimum atomic E-state index is -0.721. The van der Waals surface area contributed by atoms with Gasteiger partial charge in [-0.15, -0.1) is 0 Å². The van der Waals surface area contributed by atoms with Crippen LogP contribution in [0.15, 0.2) is 26.2 Å². The molecule has 0 bridgehead atoms. The fourth-order valence-electron chi connectivity index (χ4n) is 0.864. The van der Waals surface area contributed by atoms with Crippen LogP contribution in [0.3, 0.4) is 0 Å². The Morgan fingerprint density at radius 2 is 2.20 bits per heavy atom. The maximum Gasteiger partial charge on any atom is 0.270 e. The molecule has 7 heteroatoms. The van der Waals surface area contributed by atoms with E-state index in [1.165, 1.54) is 12.1 Å². The van der Waals surface area contributed by atoms with Crippen molar-refractivity contribution in [1.82, 2.24) is 0 Å². The summed E-state index contributed by atoms with van der Waals surface area (Å²) >= 11 is 6.13. The second-order valence-corrected chi connectivity index (χ2v) is 4.25. The molecule has 0 fully saturated rings. The van der Waals surface area contributed by atoms with Gasteiger partial charge in [0.05, 0.1) is 10.2 Å². The first-order valence-electron chi connectivity index (χ1n) is 3.67. The molecular weight excluding hydrogens is 335 g/mol. The molecular formula is C8H5Br2FN2O2. The molecule has 0 atom stereocenters. The van der Waals surface area contributed by atoms with Crippen LogP contribution in [0.25, 0.3) is 0 Å². The lowest BCUT2D eigenvalue weighted by atomic mass is 10.3. The fraction of sp³-hybridized carbons (Fsp3) is 0. The third-order valence-corrected chi connectivity index (χ3v) is 2.46. The number of carbonyl (C=O) groups excluding carboxylic acids is 1. The minimum Gasteiger partial charge on any atom is -0.411 e. The number of hydrogen-bond donors (Lipinski definition) is 2. The highest BCUT2D eigenvalue weighted by molar-refractivity contribution is 9.11. The van der Waals surface area contributed by atoms with E-state index in [0.29, 0.717) is 10.7 Å². The maximum absolute atomic E-state index is 13.4. The Labute approximate surface area is 101 Å². The van der Waals surface area contributed by atoms with Gasteiger partial charge in [-0.1, -0.05) is 21.1 Å². The lowest BCUT2D eigenvalue weighted by molar-refractivity contribution is -0.110. The van der Waals surface area contributed by atoms with Crippen molar-refractivity contribution in [1.29, 1.82) is 0 Å². The van der Waals surface area contributed by atoms with E-state index in [-0.39, 0.29) is 10.2 Å². The van der Waals surface area contributed by atoms with Gasteiger partial charge in [0.25, 0.3) is 5.91 Å². The van der Waals surface area contributed by atoms with Gasteiger partial charge in [-0.25, -0.2) is 4.39 Å². The summed E-state index contributed by atoms with van der Waals surface area (Å²) in [6, 6.07) is 2.90. The van der Waals surface area contributed by atoms with Gasteiger partial charge in [-0.3, -0.25) is 4.79 Å². The van der Waals surface area contributed by atoms with Crippen molar-refractivity contribution in [2.45, 2.75) is 0 Å². The van der Waals surface area contributed by atoms with Crippen molar-refractivity contribution in [2.75, 3.05) is 5.32 Å². The molecule has 4 nitrogen and oxygen atoms in total. The van der Waals surface area contributed by atoms with Crippen molar-refractivity contribution < 1.29 is 14.4 Å². The zero-order chi connectivity index (χ0) is 11.4. The standard InChI is InChI=1S/C8H5Br2FN2O2/c9-4-1-5(10)8(11)6(2-4)13-7(14)3-12-15/h1-3,15H,(H,13,14)/b12-3+. The Bertz CT molecular complexity index is 423. The third-order valence-electron chi connectivity index (χ3n) is 1.43. The molecule has 0 heterocycles. The van der Waals surface area contributed by atoms with Gasteiger partial charge in [-0.2, -0.15) is 0 Å². The molecule has 0 saturated heterocycles. The van der Waals surface area contributed by atoms with Crippen LogP contribution in [0.4, 0.5) is 10.1 Å². The Morgan fingerprint density at radius 3 is 2.80 bits per heavy atom. The lowest BCUT2D eigenvalue weighted by Crippen LogP contribution is -2.13. The van der Waals surface area contributed by atoms with Gasteiger partial charge >= 0.3 is 0 Å². The first-order chi connectivity index (χ1) is 7.04. The van der Waals surface area contributed by atoms with Crippen LogP contribution in [0.2, 0.25) is 0 Å². The average molecular weight is 340 g/mol. The number of hydrogen-bond acceptors (Lipinski definition) is 3. The Balaban J connectivity index is 2.99. The van der Waals surface area contributed by atoms with Gasteiger partial charge in [0.15, 0.2) is 5.82 Å². The third kappa shape index (κ3) is 3.28. The number of nitrogens with one attached hydrogen (secondary N) is 1. The number of nitrogens with zero attached hydrogens (tertiary/aromatic N) is 1. The molecule has 1 aromatic carbocycles. The predicted molar refractivity (Wildman–Crippen MR) is 60.7 cm³/mol. The topological polar surface area (TPSA) is 61.7 Å². The summed E-state index contributed by atoms with van der Waals surface area (Å²) in [6.07, 6.45) is 0.633. The van der Waals surface area contributed by atoms with Crippen LogP contribution in [0, 0.1) is 5.82 Å².